The van der Waals surface area contributed by atoms with E-state index >= 15 is 0 Å². The summed E-state index contributed by atoms with van der Waals surface area (Å²) in [5.74, 6) is 0.101. The van der Waals surface area contributed by atoms with Crippen molar-refractivity contribution in [3.8, 4) is 11.5 Å². The highest BCUT2D eigenvalue weighted by Crippen LogP contribution is 2.28. The second-order valence-electron chi connectivity index (χ2n) is 7.45. The number of thiocarbonyl (C=S) groups is 1. The molecule has 6 nitrogen and oxygen atoms in total. The Balaban J connectivity index is 1.46. The van der Waals surface area contributed by atoms with Crippen molar-refractivity contribution in [3.63, 3.8) is 0 Å². The van der Waals surface area contributed by atoms with Gasteiger partial charge in [0.2, 0.25) is 5.89 Å². The van der Waals surface area contributed by atoms with Crippen molar-refractivity contribution in [1.29, 1.82) is 0 Å². The Morgan fingerprint density at radius 1 is 1.03 bits per heavy atom. The summed E-state index contributed by atoms with van der Waals surface area (Å²) in [5.41, 5.74) is 4.31. The first-order valence-electron chi connectivity index (χ1n) is 10.7. The fraction of sp³-hybridized carbons (Fsp3) is 0.160. The average molecular weight is 513 g/mol. The van der Waals surface area contributed by atoms with Crippen LogP contribution in [0.1, 0.15) is 24.2 Å². The summed E-state index contributed by atoms with van der Waals surface area (Å²) in [4.78, 5) is 19.3. The quantitative estimate of drug-likeness (QED) is 0.277. The molecule has 0 aliphatic heterocycles. The summed E-state index contributed by atoms with van der Waals surface area (Å²) in [5, 5.41) is 6.43. The molecule has 0 saturated heterocycles. The number of nitrogens with zero attached hydrogens (tertiary/aromatic N) is 2. The molecule has 174 valence electrons. The molecule has 34 heavy (non-hydrogen) atoms. The lowest BCUT2D eigenvalue weighted by molar-refractivity contribution is 0.0978. The van der Waals surface area contributed by atoms with Crippen LogP contribution in [0.5, 0.6) is 0 Å². The number of aromatic nitrogens is 1. The molecule has 4 aromatic rings. The highest BCUT2D eigenvalue weighted by atomic mass is 35.5. The Hall–Kier alpha value is -3.13. The number of carbonyl (C=O) groups is 1. The van der Waals surface area contributed by atoms with E-state index in [1.165, 1.54) is 6.07 Å². The predicted octanol–water partition coefficient (Wildman–Crippen LogP) is 6.77. The molecule has 0 saturated carbocycles. The lowest BCUT2D eigenvalue weighted by atomic mass is 10.2. The number of benzene rings is 3. The second-order valence-corrected chi connectivity index (χ2v) is 8.70. The van der Waals surface area contributed by atoms with Crippen molar-refractivity contribution >= 4 is 68.9 Å². The Labute approximate surface area is 212 Å². The van der Waals surface area contributed by atoms with Gasteiger partial charge in [-0.25, -0.2) is 4.98 Å². The topological polar surface area (TPSA) is 70.4 Å². The normalized spacial score (nSPS) is 10.8. The van der Waals surface area contributed by atoms with E-state index in [0.717, 1.165) is 24.3 Å². The number of hydrogen-bond donors (Lipinski definition) is 2. The van der Waals surface area contributed by atoms with Crippen molar-refractivity contribution in [2.75, 3.05) is 23.3 Å². The minimum Gasteiger partial charge on any atom is -0.436 e. The van der Waals surface area contributed by atoms with E-state index in [1.807, 2.05) is 12.1 Å². The zero-order valence-electron chi connectivity index (χ0n) is 18.6. The van der Waals surface area contributed by atoms with Gasteiger partial charge in [-0.1, -0.05) is 23.2 Å². The summed E-state index contributed by atoms with van der Waals surface area (Å²) < 4.78 is 5.93. The maximum atomic E-state index is 12.5. The van der Waals surface area contributed by atoms with E-state index in [0.29, 0.717) is 27.7 Å². The van der Waals surface area contributed by atoms with E-state index in [1.54, 1.807) is 30.3 Å². The van der Waals surface area contributed by atoms with Gasteiger partial charge in [0.25, 0.3) is 5.91 Å². The third-order valence-electron chi connectivity index (χ3n) is 5.29. The zero-order chi connectivity index (χ0) is 24.2. The highest BCUT2D eigenvalue weighted by molar-refractivity contribution is 7.80. The van der Waals surface area contributed by atoms with Crippen molar-refractivity contribution in [2.24, 2.45) is 0 Å². The minimum atomic E-state index is -0.433. The van der Waals surface area contributed by atoms with Crippen molar-refractivity contribution in [3.05, 3.63) is 76.3 Å². The number of rotatable bonds is 6. The van der Waals surface area contributed by atoms with Crippen LogP contribution in [0.15, 0.2) is 65.1 Å². The van der Waals surface area contributed by atoms with Crippen molar-refractivity contribution in [2.45, 2.75) is 13.8 Å². The Kier molecular flexibility index (Phi) is 7.36. The van der Waals surface area contributed by atoms with E-state index < -0.39 is 5.91 Å². The van der Waals surface area contributed by atoms with Crippen LogP contribution in [0.25, 0.3) is 22.6 Å². The third kappa shape index (κ3) is 5.33. The maximum Gasteiger partial charge on any atom is 0.258 e. The molecule has 0 spiro atoms. The smallest absolute Gasteiger partial charge is 0.258 e. The van der Waals surface area contributed by atoms with E-state index in [9.17, 15) is 4.79 Å². The van der Waals surface area contributed by atoms with Gasteiger partial charge in [-0.2, -0.15) is 0 Å². The molecule has 0 bridgehead atoms. The molecule has 1 amide bonds. The van der Waals surface area contributed by atoms with Crippen LogP contribution in [0.4, 0.5) is 11.4 Å². The molecular formula is C25H22Cl2N4O2S. The summed E-state index contributed by atoms with van der Waals surface area (Å²) in [7, 11) is 0. The summed E-state index contributed by atoms with van der Waals surface area (Å²) in [6.45, 7) is 6.16. The Bertz CT molecular complexity index is 1350. The number of halogens is 2. The lowest BCUT2D eigenvalue weighted by Gasteiger charge is -2.20. The standard InChI is InChI=1S/C25H22Cl2N4O2S/c1-3-31(4-2)18-9-5-15(6-10-18)24-29-21-14-17(8-12-22(21)33-24)28-25(34)30-23(32)19-11-7-16(26)13-20(19)27/h5-14H,3-4H2,1-2H3,(H2,28,30,32,34). The number of hydrogen-bond acceptors (Lipinski definition) is 5. The fourth-order valence-corrected chi connectivity index (χ4v) is 4.24. The molecule has 2 N–H and O–H groups in total. The van der Waals surface area contributed by atoms with Gasteiger partial charge >= 0.3 is 0 Å². The summed E-state index contributed by atoms with van der Waals surface area (Å²) >= 11 is 17.3. The number of anilines is 2. The number of fused-ring (bicyclic) bond motifs is 1. The molecule has 0 atom stereocenters. The summed E-state index contributed by atoms with van der Waals surface area (Å²) in [6, 6.07) is 18.2. The maximum absolute atomic E-state index is 12.5. The van der Waals surface area contributed by atoms with Crippen LogP contribution < -0.4 is 15.5 Å². The number of amides is 1. The first kappa shape index (κ1) is 24.0. The fourth-order valence-electron chi connectivity index (χ4n) is 3.54. The average Bonchev–Trinajstić information content (AvgIpc) is 3.23. The molecule has 4 rings (SSSR count). The SMILES string of the molecule is CCN(CC)c1ccc(-c2nc3cc(NC(=S)NC(=O)c4ccc(Cl)cc4Cl)ccc3o2)cc1. The van der Waals surface area contributed by atoms with Gasteiger partial charge in [0, 0.05) is 35.1 Å². The molecule has 0 aliphatic rings. The Morgan fingerprint density at radius 3 is 2.44 bits per heavy atom. The largest absolute Gasteiger partial charge is 0.436 e. The van der Waals surface area contributed by atoms with Gasteiger partial charge in [0.15, 0.2) is 10.7 Å². The molecule has 3 aromatic carbocycles. The van der Waals surface area contributed by atoms with Crippen LogP contribution in [0, 0.1) is 0 Å². The molecule has 0 fully saturated rings. The van der Waals surface area contributed by atoms with Crippen molar-refractivity contribution in [1.82, 2.24) is 10.3 Å². The van der Waals surface area contributed by atoms with Gasteiger partial charge < -0.3 is 14.6 Å². The molecule has 1 heterocycles. The van der Waals surface area contributed by atoms with Crippen LogP contribution in [0.3, 0.4) is 0 Å². The first-order valence-corrected chi connectivity index (χ1v) is 11.9. The molecule has 1 aromatic heterocycles. The van der Waals surface area contributed by atoms with Crippen molar-refractivity contribution < 1.29 is 9.21 Å². The highest BCUT2D eigenvalue weighted by Gasteiger charge is 2.14. The number of nitrogens with one attached hydrogen (secondary N) is 2. The zero-order valence-corrected chi connectivity index (χ0v) is 20.9. The second kappa shape index (κ2) is 10.4. The first-order chi connectivity index (χ1) is 16.4. The molecule has 9 heteroatoms. The van der Waals surface area contributed by atoms with E-state index in [4.69, 9.17) is 39.8 Å². The molecule has 0 radical (unpaired) electrons. The number of oxazole rings is 1. The molecule has 0 aliphatic carbocycles. The van der Waals surface area contributed by atoms with E-state index in [2.05, 4.69) is 46.5 Å². The van der Waals surface area contributed by atoms with Gasteiger partial charge in [0.05, 0.1) is 10.6 Å². The van der Waals surface area contributed by atoms with E-state index in [-0.39, 0.29) is 15.7 Å². The van der Waals surface area contributed by atoms with Crippen LogP contribution >= 0.6 is 35.4 Å². The molecular weight excluding hydrogens is 491 g/mol. The lowest BCUT2D eigenvalue weighted by Crippen LogP contribution is -2.34. The van der Waals surface area contributed by atoms with Crippen LogP contribution in [0.2, 0.25) is 10.0 Å². The van der Waals surface area contributed by atoms with Gasteiger partial charge in [0.1, 0.15) is 5.52 Å². The Morgan fingerprint density at radius 2 is 1.76 bits per heavy atom. The van der Waals surface area contributed by atoms with Gasteiger partial charge in [-0.15, -0.1) is 0 Å². The van der Waals surface area contributed by atoms with Crippen LogP contribution in [-0.4, -0.2) is 29.1 Å². The third-order valence-corrected chi connectivity index (χ3v) is 6.04. The summed E-state index contributed by atoms with van der Waals surface area (Å²) in [6.07, 6.45) is 0. The predicted molar refractivity (Wildman–Crippen MR) is 143 cm³/mol. The monoisotopic (exact) mass is 512 g/mol. The van der Waals surface area contributed by atoms with Crippen LogP contribution in [-0.2, 0) is 0 Å². The minimum absolute atomic E-state index is 0.131. The van der Waals surface area contributed by atoms with Gasteiger partial charge in [-0.3, -0.25) is 10.1 Å². The molecule has 0 unspecified atom stereocenters. The van der Waals surface area contributed by atoms with Gasteiger partial charge in [-0.05, 0) is 86.7 Å². The number of carbonyl (C=O) groups excluding carboxylic acids is 1.